The predicted octanol–water partition coefficient (Wildman–Crippen LogP) is 1.42. The quantitative estimate of drug-likeness (QED) is 0.648. The van der Waals surface area contributed by atoms with Crippen molar-refractivity contribution in [1.82, 2.24) is 9.71 Å². The van der Waals surface area contributed by atoms with Crippen molar-refractivity contribution in [2.45, 2.75) is 11.8 Å². The Bertz CT molecular complexity index is 1240. The molecule has 0 radical (unpaired) electrons. The summed E-state index contributed by atoms with van der Waals surface area (Å²) in [4.78, 5) is 11.8. The van der Waals surface area contributed by atoms with E-state index in [1.165, 1.54) is 12.1 Å². The summed E-state index contributed by atoms with van der Waals surface area (Å²) in [5.74, 6) is 0.384. The monoisotopic (exact) mass is 368 g/mol. The van der Waals surface area contributed by atoms with Gasteiger partial charge in [0, 0.05) is 23.0 Å². The van der Waals surface area contributed by atoms with E-state index in [2.05, 4.69) is 19.7 Å². The van der Waals surface area contributed by atoms with E-state index in [9.17, 15) is 13.5 Å². The molecule has 0 saturated carbocycles. The number of fused-ring (bicyclic) bond motifs is 2. The van der Waals surface area contributed by atoms with Crippen LogP contribution in [0, 0.1) is 0 Å². The highest BCUT2D eigenvalue weighted by atomic mass is 32.2. The lowest BCUT2D eigenvalue weighted by atomic mass is 10.1. The number of sulfonamides is 1. The van der Waals surface area contributed by atoms with E-state index < -0.39 is 10.0 Å². The fraction of sp³-hybridized carbons (Fsp3) is 0.111. The molecule has 0 fully saturated rings. The minimum Gasteiger partial charge on any atom is -0.494 e. The predicted molar refractivity (Wildman–Crippen MR) is 97.6 cm³/mol. The third-order valence-corrected chi connectivity index (χ3v) is 5.60. The van der Waals surface area contributed by atoms with Gasteiger partial charge in [-0.2, -0.15) is 0 Å². The zero-order valence-electron chi connectivity index (χ0n) is 13.9. The largest absolute Gasteiger partial charge is 0.494 e. The van der Waals surface area contributed by atoms with Gasteiger partial charge < -0.3 is 10.1 Å². The van der Waals surface area contributed by atoms with E-state index in [1.807, 2.05) is 24.3 Å². The molecule has 0 amide bonds. The van der Waals surface area contributed by atoms with E-state index >= 15 is 0 Å². The average Bonchev–Trinajstić information content (AvgIpc) is 3.15. The van der Waals surface area contributed by atoms with E-state index in [1.54, 1.807) is 19.1 Å². The smallest absolute Gasteiger partial charge is 0.240 e. The van der Waals surface area contributed by atoms with E-state index in [-0.39, 0.29) is 10.8 Å². The molecule has 1 aliphatic heterocycles. The highest BCUT2D eigenvalue weighted by molar-refractivity contribution is 7.89. The molecule has 0 unspecified atom stereocenters. The van der Waals surface area contributed by atoms with Crippen molar-refractivity contribution >= 4 is 27.0 Å². The first kappa shape index (κ1) is 16.5. The highest BCUT2D eigenvalue weighted by Crippen LogP contribution is 2.31. The lowest BCUT2D eigenvalue weighted by molar-refractivity contribution is 0.457. The summed E-state index contributed by atoms with van der Waals surface area (Å²) < 4.78 is 27.0. The summed E-state index contributed by atoms with van der Waals surface area (Å²) in [7, 11) is -3.59. The van der Waals surface area contributed by atoms with Crippen LogP contribution in [0.1, 0.15) is 12.5 Å². The number of aromatic hydroxyl groups is 1. The second-order valence-corrected chi connectivity index (χ2v) is 7.58. The van der Waals surface area contributed by atoms with Crippen molar-refractivity contribution in [3.63, 3.8) is 0 Å². The number of hydrogen-bond acceptors (Lipinski definition) is 5. The number of aromatic amines is 1. The van der Waals surface area contributed by atoms with Gasteiger partial charge in [0.1, 0.15) is 0 Å². The molecule has 0 bridgehead atoms. The molecule has 0 spiro atoms. The maximum absolute atomic E-state index is 12.3. The molecular formula is C18H16N4O3S. The van der Waals surface area contributed by atoms with Gasteiger partial charge in [-0.15, -0.1) is 0 Å². The Morgan fingerprint density at radius 3 is 2.50 bits per heavy atom. The number of hydrogen-bond donors (Lipinski definition) is 3. The highest BCUT2D eigenvalue weighted by Gasteiger charge is 2.17. The number of nitrogens with zero attached hydrogens (tertiary/aromatic N) is 2. The average molecular weight is 368 g/mol. The van der Waals surface area contributed by atoms with Crippen molar-refractivity contribution in [1.29, 1.82) is 0 Å². The van der Waals surface area contributed by atoms with Gasteiger partial charge in [0.2, 0.25) is 10.0 Å². The van der Waals surface area contributed by atoms with Gasteiger partial charge in [-0.1, -0.05) is 19.1 Å². The molecule has 0 aliphatic carbocycles. The SMILES string of the molecule is CCNS(=O)(=O)c1ccc2[nH]c(O)c(C=C3N=c4ccccc4=N3)c2c1. The fourth-order valence-corrected chi connectivity index (χ4v) is 3.95. The minimum absolute atomic E-state index is 0.0631. The van der Waals surface area contributed by atoms with Crippen LogP contribution >= 0.6 is 0 Å². The number of para-hydroxylation sites is 2. The molecule has 0 saturated heterocycles. The van der Waals surface area contributed by atoms with Crippen molar-refractivity contribution in [2.75, 3.05) is 6.54 Å². The third kappa shape index (κ3) is 2.79. The van der Waals surface area contributed by atoms with Gasteiger partial charge in [-0.05, 0) is 36.4 Å². The lowest BCUT2D eigenvalue weighted by Gasteiger charge is -2.04. The van der Waals surface area contributed by atoms with Crippen LogP contribution in [0.3, 0.4) is 0 Å². The fourth-order valence-electron chi connectivity index (χ4n) is 2.88. The van der Waals surface area contributed by atoms with Crippen molar-refractivity contribution in [3.8, 4) is 5.88 Å². The van der Waals surface area contributed by atoms with Gasteiger partial charge >= 0.3 is 0 Å². The van der Waals surface area contributed by atoms with E-state index in [4.69, 9.17) is 0 Å². The van der Waals surface area contributed by atoms with Crippen LogP contribution in [0.4, 0.5) is 0 Å². The maximum atomic E-state index is 12.3. The van der Waals surface area contributed by atoms with Crippen LogP contribution in [0.2, 0.25) is 0 Å². The number of rotatable bonds is 4. The molecule has 26 heavy (non-hydrogen) atoms. The molecule has 8 heteroatoms. The standard InChI is InChI=1S/C18H16N4O3S/c1-2-19-26(24,25)11-7-8-14-12(9-11)13(18(23)22-14)10-17-20-15-5-3-4-6-16(15)21-17/h3-10,19,22-23H,2H2,1H3. The Morgan fingerprint density at radius 1 is 1.15 bits per heavy atom. The van der Waals surface area contributed by atoms with Crippen LogP contribution in [-0.4, -0.2) is 25.1 Å². The van der Waals surface area contributed by atoms with Crippen molar-refractivity contribution < 1.29 is 13.5 Å². The summed E-state index contributed by atoms with van der Waals surface area (Å²) in [5, 5.41) is 12.4. The molecule has 3 N–H and O–H groups in total. The zero-order chi connectivity index (χ0) is 18.3. The van der Waals surface area contributed by atoms with Crippen LogP contribution in [0.25, 0.3) is 17.0 Å². The molecular weight excluding hydrogens is 352 g/mol. The summed E-state index contributed by atoms with van der Waals surface area (Å²) in [6, 6.07) is 12.1. The number of H-pyrrole nitrogens is 1. The van der Waals surface area contributed by atoms with Crippen LogP contribution in [-0.2, 0) is 10.0 Å². The maximum Gasteiger partial charge on any atom is 0.240 e. The second kappa shape index (κ2) is 6.08. The molecule has 1 aromatic heterocycles. The Labute approximate surface area is 149 Å². The molecule has 4 rings (SSSR count). The summed E-state index contributed by atoms with van der Waals surface area (Å²) in [6.07, 6.45) is 1.64. The van der Waals surface area contributed by atoms with Gasteiger partial charge in [-0.3, -0.25) is 0 Å². The Hall–Kier alpha value is -2.97. The first-order valence-electron chi connectivity index (χ1n) is 8.06. The third-order valence-electron chi connectivity index (χ3n) is 4.06. The van der Waals surface area contributed by atoms with Gasteiger partial charge in [0.05, 0.1) is 15.6 Å². The van der Waals surface area contributed by atoms with Crippen molar-refractivity contribution in [3.05, 3.63) is 64.6 Å². The number of aromatic nitrogens is 1. The zero-order valence-corrected chi connectivity index (χ0v) is 14.7. The first-order chi connectivity index (χ1) is 12.5. The minimum atomic E-state index is -3.59. The molecule has 132 valence electrons. The molecule has 1 aliphatic rings. The molecule has 2 heterocycles. The van der Waals surface area contributed by atoms with Crippen LogP contribution in [0.15, 0.2) is 63.2 Å². The van der Waals surface area contributed by atoms with Crippen LogP contribution in [0.5, 0.6) is 5.88 Å². The second-order valence-electron chi connectivity index (χ2n) is 5.81. The Balaban J connectivity index is 1.87. The van der Waals surface area contributed by atoms with Crippen molar-refractivity contribution in [2.24, 2.45) is 9.98 Å². The molecule has 2 aromatic carbocycles. The normalized spacial score (nSPS) is 13.3. The summed E-state index contributed by atoms with van der Waals surface area (Å²) >= 11 is 0. The summed E-state index contributed by atoms with van der Waals surface area (Å²) in [5.41, 5.74) is 1.07. The number of nitrogens with one attached hydrogen (secondary N) is 2. The van der Waals surface area contributed by atoms with E-state index in [0.29, 0.717) is 28.8 Å². The molecule has 3 aromatic rings. The Kier molecular flexibility index (Phi) is 3.86. The first-order valence-corrected chi connectivity index (χ1v) is 9.55. The lowest BCUT2D eigenvalue weighted by Crippen LogP contribution is -2.22. The molecule has 0 atom stereocenters. The van der Waals surface area contributed by atoms with E-state index in [0.717, 1.165) is 10.7 Å². The molecule has 7 nitrogen and oxygen atoms in total. The topological polar surface area (TPSA) is 107 Å². The van der Waals surface area contributed by atoms with Gasteiger partial charge in [-0.25, -0.2) is 23.1 Å². The van der Waals surface area contributed by atoms with Gasteiger partial charge in [0.15, 0.2) is 11.7 Å². The number of benzene rings is 2. The summed E-state index contributed by atoms with van der Waals surface area (Å²) in [6.45, 7) is 2.01. The van der Waals surface area contributed by atoms with Crippen LogP contribution < -0.4 is 15.4 Å². The Morgan fingerprint density at radius 2 is 1.85 bits per heavy atom. The van der Waals surface area contributed by atoms with Gasteiger partial charge in [0.25, 0.3) is 0 Å².